The van der Waals surface area contributed by atoms with E-state index in [2.05, 4.69) is 27.2 Å². The molecule has 5 nitrogen and oxygen atoms in total. The minimum Gasteiger partial charge on any atom is -0.351 e. The predicted octanol–water partition coefficient (Wildman–Crippen LogP) is 3.94. The number of aromatic nitrogens is 2. The van der Waals surface area contributed by atoms with Gasteiger partial charge in [0, 0.05) is 17.3 Å². The van der Waals surface area contributed by atoms with Gasteiger partial charge >= 0.3 is 0 Å². The number of hydrogen-bond donors (Lipinski definition) is 2. The summed E-state index contributed by atoms with van der Waals surface area (Å²) in [5.74, 6) is -0.0291. The molecule has 0 saturated heterocycles. The standard InChI is InChI=1S/C15H14Cl2N4O/c1-3-6-18-15-19-9(2)7-13(21-15)14(22)20-12-8-10(16)4-5-11(12)17/h3-5,7-8H,1,6H2,2H3,(H,20,22)(H,18,19,21). The summed E-state index contributed by atoms with van der Waals surface area (Å²) in [4.78, 5) is 20.7. The van der Waals surface area contributed by atoms with Gasteiger partial charge in [-0.2, -0.15) is 0 Å². The van der Waals surface area contributed by atoms with Crippen molar-refractivity contribution < 1.29 is 4.79 Å². The van der Waals surface area contributed by atoms with Gasteiger partial charge in [-0.05, 0) is 31.2 Å². The first-order valence-electron chi connectivity index (χ1n) is 6.46. The Morgan fingerprint density at radius 3 is 2.82 bits per heavy atom. The summed E-state index contributed by atoms with van der Waals surface area (Å²) in [7, 11) is 0. The van der Waals surface area contributed by atoms with Crippen LogP contribution in [0.3, 0.4) is 0 Å². The van der Waals surface area contributed by atoms with Crippen molar-refractivity contribution in [1.29, 1.82) is 0 Å². The van der Waals surface area contributed by atoms with Crippen molar-refractivity contribution in [2.75, 3.05) is 17.2 Å². The van der Waals surface area contributed by atoms with E-state index in [9.17, 15) is 4.79 Å². The zero-order chi connectivity index (χ0) is 16.1. The van der Waals surface area contributed by atoms with E-state index in [1.807, 2.05) is 0 Å². The Balaban J connectivity index is 2.23. The first kappa shape index (κ1) is 16.3. The van der Waals surface area contributed by atoms with Crippen LogP contribution in [0.4, 0.5) is 11.6 Å². The molecular weight excluding hydrogens is 323 g/mol. The number of rotatable bonds is 5. The van der Waals surface area contributed by atoms with Crippen molar-refractivity contribution in [3.8, 4) is 0 Å². The van der Waals surface area contributed by atoms with Crippen molar-refractivity contribution in [2.45, 2.75) is 6.92 Å². The molecule has 2 N–H and O–H groups in total. The van der Waals surface area contributed by atoms with Gasteiger partial charge in [-0.3, -0.25) is 4.79 Å². The van der Waals surface area contributed by atoms with Gasteiger partial charge in [0.05, 0.1) is 10.7 Å². The van der Waals surface area contributed by atoms with Crippen molar-refractivity contribution >= 4 is 40.7 Å². The Kier molecular flexibility index (Phi) is 5.35. The zero-order valence-corrected chi connectivity index (χ0v) is 13.4. The second-order valence-electron chi connectivity index (χ2n) is 4.47. The van der Waals surface area contributed by atoms with E-state index in [1.165, 1.54) is 0 Å². The van der Waals surface area contributed by atoms with Gasteiger partial charge in [0.15, 0.2) is 0 Å². The Bertz CT molecular complexity index is 719. The quantitative estimate of drug-likeness (QED) is 0.811. The number of hydrogen-bond acceptors (Lipinski definition) is 4. The lowest BCUT2D eigenvalue weighted by atomic mass is 10.3. The Hall–Kier alpha value is -2.11. The molecule has 22 heavy (non-hydrogen) atoms. The molecule has 7 heteroatoms. The summed E-state index contributed by atoms with van der Waals surface area (Å²) in [6.07, 6.45) is 1.68. The highest BCUT2D eigenvalue weighted by Gasteiger charge is 2.12. The van der Waals surface area contributed by atoms with Crippen LogP contribution in [-0.2, 0) is 0 Å². The molecule has 2 aromatic rings. The lowest BCUT2D eigenvalue weighted by molar-refractivity contribution is 0.102. The maximum atomic E-state index is 12.3. The van der Waals surface area contributed by atoms with Crippen molar-refractivity contribution in [1.82, 2.24) is 9.97 Å². The van der Waals surface area contributed by atoms with E-state index in [0.29, 0.717) is 33.9 Å². The first-order chi connectivity index (χ1) is 10.5. The van der Waals surface area contributed by atoms with Crippen LogP contribution in [0.25, 0.3) is 0 Å². The number of nitrogens with one attached hydrogen (secondary N) is 2. The number of carbonyl (C=O) groups is 1. The summed E-state index contributed by atoms with van der Waals surface area (Å²) in [6, 6.07) is 6.42. The normalized spacial score (nSPS) is 10.1. The topological polar surface area (TPSA) is 66.9 Å². The Labute approximate surface area is 138 Å². The molecule has 0 spiro atoms. The number of carbonyl (C=O) groups excluding carboxylic acids is 1. The van der Waals surface area contributed by atoms with Gasteiger partial charge in [-0.1, -0.05) is 29.3 Å². The molecular formula is C15H14Cl2N4O. The van der Waals surface area contributed by atoms with Gasteiger partial charge in [0.25, 0.3) is 5.91 Å². The van der Waals surface area contributed by atoms with Crippen LogP contribution in [0.1, 0.15) is 16.2 Å². The average molecular weight is 337 g/mol. The third-order valence-electron chi connectivity index (χ3n) is 2.67. The third-order valence-corrected chi connectivity index (χ3v) is 3.23. The van der Waals surface area contributed by atoms with E-state index in [4.69, 9.17) is 23.2 Å². The Morgan fingerprint density at radius 2 is 2.09 bits per heavy atom. The molecule has 1 heterocycles. The van der Waals surface area contributed by atoms with Crippen molar-refractivity contribution in [3.63, 3.8) is 0 Å². The summed E-state index contributed by atoms with van der Waals surface area (Å²) in [5.41, 5.74) is 1.33. The molecule has 114 valence electrons. The second kappa shape index (κ2) is 7.24. The average Bonchev–Trinajstić information content (AvgIpc) is 2.48. The fourth-order valence-corrected chi connectivity index (χ4v) is 2.04. The third kappa shape index (κ3) is 4.19. The SMILES string of the molecule is C=CCNc1nc(C)cc(C(=O)Nc2cc(Cl)ccc2Cl)n1. The van der Waals surface area contributed by atoms with Crippen LogP contribution in [0.2, 0.25) is 10.0 Å². The predicted molar refractivity (Wildman–Crippen MR) is 89.9 cm³/mol. The highest BCUT2D eigenvalue weighted by atomic mass is 35.5. The van der Waals surface area contributed by atoms with Crippen LogP contribution >= 0.6 is 23.2 Å². The monoisotopic (exact) mass is 336 g/mol. The van der Waals surface area contributed by atoms with Crippen LogP contribution < -0.4 is 10.6 Å². The first-order valence-corrected chi connectivity index (χ1v) is 7.22. The second-order valence-corrected chi connectivity index (χ2v) is 5.31. The minimum absolute atomic E-state index is 0.232. The number of nitrogens with zero attached hydrogens (tertiary/aromatic N) is 2. The van der Waals surface area contributed by atoms with Crippen molar-refractivity contribution in [3.05, 3.63) is 58.4 Å². The molecule has 0 aliphatic rings. The number of anilines is 2. The minimum atomic E-state index is -0.392. The smallest absolute Gasteiger partial charge is 0.274 e. The van der Waals surface area contributed by atoms with Gasteiger partial charge in [-0.15, -0.1) is 6.58 Å². The van der Waals surface area contributed by atoms with Crippen LogP contribution in [0.5, 0.6) is 0 Å². The van der Waals surface area contributed by atoms with Crippen LogP contribution in [-0.4, -0.2) is 22.4 Å². The molecule has 0 bridgehead atoms. The summed E-state index contributed by atoms with van der Waals surface area (Å²) in [5, 5.41) is 6.51. The fraction of sp³-hybridized carbons (Fsp3) is 0.133. The van der Waals surface area contributed by atoms with Crippen molar-refractivity contribution in [2.24, 2.45) is 0 Å². The maximum absolute atomic E-state index is 12.3. The van der Waals surface area contributed by atoms with Gasteiger partial charge < -0.3 is 10.6 Å². The number of halogens is 2. The van der Waals surface area contributed by atoms with Crippen LogP contribution in [0, 0.1) is 6.92 Å². The number of aryl methyl sites for hydroxylation is 1. The van der Waals surface area contributed by atoms with E-state index < -0.39 is 5.91 Å². The number of amides is 1. The van der Waals surface area contributed by atoms with E-state index >= 15 is 0 Å². The summed E-state index contributed by atoms with van der Waals surface area (Å²) >= 11 is 11.9. The van der Waals surface area contributed by atoms with E-state index in [-0.39, 0.29) is 5.69 Å². The Morgan fingerprint density at radius 1 is 1.32 bits per heavy atom. The number of benzene rings is 1. The lowest BCUT2D eigenvalue weighted by Gasteiger charge is -2.09. The molecule has 1 aromatic heterocycles. The molecule has 0 unspecified atom stereocenters. The maximum Gasteiger partial charge on any atom is 0.274 e. The molecule has 0 radical (unpaired) electrons. The molecule has 0 fully saturated rings. The molecule has 2 rings (SSSR count). The zero-order valence-electron chi connectivity index (χ0n) is 11.9. The van der Waals surface area contributed by atoms with Gasteiger partial charge in [0.2, 0.25) is 5.95 Å². The van der Waals surface area contributed by atoms with Crippen LogP contribution in [0.15, 0.2) is 36.9 Å². The van der Waals surface area contributed by atoms with E-state index in [0.717, 1.165) is 0 Å². The highest BCUT2D eigenvalue weighted by Crippen LogP contribution is 2.25. The molecule has 0 aliphatic heterocycles. The summed E-state index contributed by atoms with van der Waals surface area (Å²) in [6.45, 7) is 5.89. The van der Waals surface area contributed by atoms with E-state index in [1.54, 1.807) is 37.3 Å². The lowest BCUT2D eigenvalue weighted by Crippen LogP contribution is -2.16. The molecule has 1 amide bonds. The molecule has 0 aliphatic carbocycles. The molecule has 1 aromatic carbocycles. The fourth-order valence-electron chi connectivity index (χ4n) is 1.71. The summed E-state index contributed by atoms with van der Waals surface area (Å²) < 4.78 is 0. The molecule has 0 atom stereocenters. The highest BCUT2D eigenvalue weighted by molar-refractivity contribution is 6.35. The molecule has 0 saturated carbocycles. The van der Waals surface area contributed by atoms with Gasteiger partial charge in [-0.25, -0.2) is 9.97 Å². The largest absolute Gasteiger partial charge is 0.351 e. The van der Waals surface area contributed by atoms with Gasteiger partial charge in [0.1, 0.15) is 5.69 Å².